The first kappa shape index (κ1) is 18.7. The van der Waals surface area contributed by atoms with Gasteiger partial charge in [0.15, 0.2) is 5.69 Å². The van der Waals surface area contributed by atoms with E-state index < -0.39 is 0 Å². The van der Waals surface area contributed by atoms with E-state index >= 15 is 0 Å². The van der Waals surface area contributed by atoms with Crippen LogP contribution in [0.4, 0.5) is 5.69 Å². The van der Waals surface area contributed by atoms with Crippen LogP contribution in [0.3, 0.4) is 0 Å². The summed E-state index contributed by atoms with van der Waals surface area (Å²) in [6.45, 7) is 13.6. The molecule has 0 fully saturated rings. The third-order valence-corrected chi connectivity index (χ3v) is 5.37. The van der Waals surface area contributed by atoms with Gasteiger partial charge in [0.1, 0.15) is 0 Å². The smallest absolute Gasteiger partial charge is 0.187 e. The number of pyridine rings is 1. The lowest BCUT2D eigenvalue weighted by atomic mass is 9.94. The van der Waals surface area contributed by atoms with Gasteiger partial charge in [0.2, 0.25) is 0 Å². The lowest BCUT2D eigenvalue weighted by Crippen LogP contribution is -1.92. The highest BCUT2D eigenvalue weighted by Gasteiger charge is 2.11. The molecule has 140 valence electrons. The van der Waals surface area contributed by atoms with Gasteiger partial charge in [-0.15, -0.1) is 0 Å². The van der Waals surface area contributed by atoms with Gasteiger partial charge < -0.3 is 0 Å². The molecule has 1 heterocycles. The van der Waals surface area contributed by atoms with Crippen LogP contribution < -0.4 is 0 Å². The molecular formula is C27H22N2. The van der Waals surface area contributed by atoms with Crippen LogP contribution in [-0.2, 0) is 0 Å². The predicted octanol–water partition coefficient (Wildman–Crippen LogP) is 7.56. The Labute approximate surface area is 172 Å². The first-order chi connectivity index (χ1) is 14.1. The molecule has 1 aromatic heterocycles. The Morgan fingerprint density at radius 1 is 0.655 bits per heavy atom. The molecule has 0 amide bonds. The number of nitrogens with zero attached hydrogens (tertiary/aromatic N) is 2. The van der Waals surface area contributed by atoms with Gasteiger partial charge in [-0.25, -0.2) is 4.85 Å². The molecule has 0 radical (unpaired) electrons. The van der Waals surface area contributed by atoms with E-state index in [1.807, 2.05) is 30.5 Å². The average Bonchev–Trinajstić information content (AvgIpc) is 2.75. The van der Waals surface area contributed by atoms with Crippen LogP contribution in [0.25, 0.3) is 38.4 Å². The summed E-state index contributed by atoms with van der Waals surface area (Å²) in [7, 11) is 0. The van der Waals surface area contributed by atoms with Gasteiger partial charge >= 0.3 is 0 Å². The average molecular weight is 374 g/mol. The summed E-state index contributed by atoms with van der Waals surface area (Å²) in [5.41, 5.74) is 10.9. The Morgan fingerprint density at radius 3 is 2.10 bits per heavy atom. The van der Waals surface area contributed by atoms with E-state index in [0.717, 1.165) is 33.5 Å². The van der Waals surface area contributed by atoms with Crippen LogP contribution >= 0.6 is 0 Å². The molecule has 0 atom stereocenters. The van der Waals surface area contributed by atoms with Gasteiger partial charge in [0.05, 0.1) is 12.3 Å². The molecule has 0 spiro atoms. The van der Waals surface area contributed by atoms with E-state index in [4.69, 9.17) is 11.6 Å². The van der Waals surface area contributed by atoms with Crippen LogP contribution in [0.5, 0.6) is 0 Å². The van der Waals surface area contributed by atoms with Gasteiger partial charge in [0, 0.05) is 17.3 Å². The predicted molar refractivity (Wildman–Crippen MR) is 121 cm³/mol. The van der Waals surface area contributed by atoms with Crippen LogP contribution in [0, 0.1) is 27.3 Å². The number of aromatic nitrogens is 1. The Balaban J connectivity index is 1.77. The van der Waals surface area contributed by atoms with Gasteiger partial charge in [-0.3, -0.25) is 4.98 Å². The summed E-state index contributed by atoms with van der Waals surface area (Å²) < 4.78 is 0. The fourth-order valence-electron chi connectivity index (χ4n) is 3.68. The molecule has 0 unspecified atom stereocenters. The lowest BCUT2D eigenvalue weighted by molar-refractivity contribution is 1.28. The van der Waals surface area contributed by atoms with Crippen LogP contribution in [-0.4, -0.2) is 4.98 Å². The third-order valence-electron chi connectivity index (χ3n) is 5.37. The molecule has 0 saturated heterocycles. The molecule has 0 bridgehead atoms. The summed E-state index contributed by atoms with van der Waals surface area (Å²) in [5.74, 6) is 0. The Bertz CT molecular complexity index is 1230. The lowest BCUT2D eigenvalue weighted by Gasteiger charge is -2.13. The van der Waals surface area contributed by atoms with Crippen molar-refractivity contribution in [1.82, 2.24) is 4.98 Å². The second kappa shape index (κ2) is 7.73. The molecular weight excluding hydrogens is 352 g/mol. The summed E-state index contributed by atoms with van der Waals surface area (Å²) >= 11 is 0. The highest BCUT2D eigenvalue weighted by molar-refractivity contribution is 5.78. The van der Waals surface area contributed by atoms with Gasteiger partial charge in [0.25, 0.3) is 0 Å². The van der Waals surface area contributed by atoms with Crippen molar-refractivity contribution in [3.8, 4) is 33.5 Å². The van der Waals surface area contributed by atoms with E-state index in [1.165, 1.54) is 16.7 Å². The molecule has 29 heavy (non-hydrogen) atoms. The fourth-order valence-corrected chi connectivity index (χ4v) is 3.68. The quantitative estimate of drug-likeness (QED) is 0.338. The zero-order valence-corrected chi connectivity index (χ0v) is 16.9. The first-order valence-corrected chi connectivity index (χ1v) is 9.68. The number of hydrogen-bond acceptors (Lipinski definition) is 1. The Morgan fingerprint density at radius 2 is 1.38 bits per heavy atom. The maximum atomic E-state index is 7.29. The van der Waals surface area contributed by atoms with E-state index in [1.54, 1.807) is 0 Å². The monoisotopic (exact) mass is 374 g/mol. The maximum Gasteiger partial charge on any atom is 0.187 e. The minimum absolute atomic E-state index is 0.653. The number of aryl methyl sites for hydroxylation is 3. The summed E-state index contributed by atoms with van der Waals surface area (Å²) in [5, 5.41) is 0. The number of rotatable bonds is 3. The molecule has 2 heteroatoms. The highest BCUT2D eigenvalue weighted by atomic mass is 14.7. The van der Waals surface area contributed by atoms with Crippen LogP contribution in [0.15, 0.2) is 79.0 Å². The minimum Gasteiger partial charge on any atom is -0.256 e. The largest absolute Gasteiger partial charge is 0.256 e. The van der Waals surface area contributed by atoms with Crippen molar-refractivity contribution in [2.24, 2.45) is 0 Å². The summed E-state index contributed by atoms with van der Waals surface area (Å²) in [4.78, 5) is 8.34. The molecule has 0 saturated carbocycles. The molecule has 0 aliphatic rings. The third kappa shape index (κ3) is 3.68. The van der Waals surface area contributed by atoms with E-state index in [-0.39, 0.29) is 0 Å². The molecule has 2 nitrogen and oxygen atoms in total. The zero-order valence-electron chi connectivity index (χ0n) is 16.9. The van der Waals surface area contributed by atoms with E-state index in [0.29, 0.717) is 5.69 Å². The highest BCUT2D eigenvalue weighted by Crippen LogP contribution is 2.33. The minimum atomic E-state index is 0.653. The molecule has 4 aromatic rings. The molecule has 0 aliphatic heterocycles. The molecule has 0 N–H and O–H groups in total. The standard InChI is InChI=1S/C27H22N2/c1-18-10-12-22(15-24(18)21-8-6-5-7-9-21)27-14-20(3)26(17-29-27)25-16-23(28-4)13-11-19(25)2/h5-17H,1-3H3. The van der Waals surface area contributed by atoms with Crippen molar-refractivity contribution in [3.63, 3.8) is 0 Å². The van der Waals surface area contributed by atoms with Gasteiger partial charge in [-0.1, -0.05) is 54.6 Å². The molecule has 0 aliphatic carbocycles. The summed E-state index contributed by atoms with van der Waals surface area (Å²) in [6, 6.07) is 24.9. The number of hydrogen-bond donors (Lipinski definition) is 0. The van der Waals surface area contributed by atoms with E-state index in [2.05, 4.69) is 74.1 Å². The van der Waals surface area contributed by atoms with Crippen molar-refractivity contribution in [2.75, 3.05) is 0 Å². The topological polar surface area (TPSA) is 17.2 Å². The van der Waals surface area contributed by atoms with Crippen molar-refractivity contribution in [2.45, 2.75) is 20.8 Å². The fraction of sp³-hybridized carbons (Fsp3) is 0.111. The SMILES string of the molecule is [C-]#[N+]c1ccc(C)c(-c2cnc(-c3ccc(C)c(-c4ccccc4)c3)cc2C)c1. The normalized spacial score (nSPS) is 10.6. The van der Waals surface area contributed by atoms with E-state index in [9.17, 15) is 0 Å². The summed E-state index contributed by atoms with van der Waals surface area (Å²) in [6.07, 6.45) is 1.93. The van der Waals surface area contributed by atoms with Crippen LogP contribution in [0.1, 0.15) is 16.7 Å². The zero-order chi connectivity index (χ0) is 20.4. The van der Waals surface area contributed by atoms with Crippen LogP contribution in [0.2, 0.25) is 0 Å². The second-order valence-corrected chi connectivity index (χ2v) is 7.39. The number of benzene rings is 3. The first-order valence-electron chi connectivity index (χ1n) is 9.68. The van der Waals surface area contributed by atoms with Crippen molar-refractivity contribution >= 4 is 5.69 Å². The Hall–Kier alpha value is -3.70. The second-order valence-electron chi connectivity index (χ2n) is 7.39. The van der Waals surface area contributed by atoms with Crippen molar-refractivity contribution < 1.29 is 0 Å². The molecule has 4 rings (SSSR count). The molecule has 3 aromatic carbocycles. The van der Waals surface area contributed by atoms with Gasteiger partial charge in [-0.2, -0.15) is 0 Å². The Kier molecular flexibility index (Phi) is 4.97. The van der Waals surface area contributed by atoms with Gasteiger partial charge in [-0.05, 0) is 72.4 Å². The van der Waals surface area contributed by atoms with Crippen molar-refractivity contribution in [3.05, 3.63) is 107 Å². The van der Waals surface area contributed by atoms with Crippen molar-refractivity contribution in [1.29, 1.82) is 0 Å². The maximum absolute atomic E-state index is 7.29.